The zero-order chi connectivity index (χ0) is 20.1. The summed E-state index contributed by atoms with van der Waals surface area (Å²) in [5.74, 6) is 1.44. The third kappa shape index (κ3) is 3.01. The highest BCUT2D eigenvalue weighted by atomic mass is 16.5. The number of amides is 1. The fourth-order valence-electron chi connectivity index (χ4n) is 3.89. The van der Waals surface area contributed by atoms with Crippen LogP contribution in [0.5, 0.6) is 0 Å². The monoisotopic (exact) mass is 387 g/mol. The predicted octanol–water partition coefficient (Wildman–Crippen LogP) is 4.93. The molecule has 6 nitrogen and oxygen atoms in total. The lowest BCUT2D eigenvalue weighted by molar-refractivity contribution is -0.117. The first-order chi connectivity index (χ1) is 14.0. The minimum atomic E-state index is -0.128. The highest BCUT2D eigenvalue weighted by Crippen LogP contribution is 2.35. The number of rotatable bonds is 3. The number of hydrogen-bond acceptors (Lipinski definition) is 5. The first kappa shape index (κ1) is 17.7. The Morgan fingerprint density at radius 1 is 1.03 bits per heavy atom. The average molecular weight is 387 g/mol. The molecule has 1 fully saturated rings. The van der Waals surface area contributed by atoms with Crippen LogP contribution < -0.4 is 4.90 Å². The van der Waals surface area contributed by atoms with Crippen molar-refractivity contribution < 1.29 is 13.7 Å². The third-order valence-electron chi connectivity index (χ3n) is 5.56. The molecule has 29 heavy (non-hydrogen) atoms. The molecule has 0 N–H and O–H groups in total. The molecule has 1 atom stereocenters. The van der Waals surface area contributed by atoms with E-state index in [4.69, 9.17) is 8.94 Å². The second-order valence-corrected chi connectivity index (χ2v) is 7.75. The van der Waals surface area contributed by atoms with Crippen LogP contribution in [0, 0.1) is 20.8 Å². The van der Waals surface area contributed by atoms with Gasteiger partial charge in [-0.2, -0.15) is 4.98 Å². The van der Waals surface area contributed by atoms with Crippen molar-refractivity contribution in [3.63, 3.8) is 0 Å². The van der Waals surface area contributed by atoms with Crippen LogP contribution in [0.25, 0.3) is 22.6 Å². The molecule has 0 saturated carbocycles. The Morgan fingerprint density at radius 2 is 1.79 bits per heavy atom. The minimum absolute atomic E-state index is 0.0639. The average Bonchev–Trinajstić information content (AvgIpc) is 3.41. The van der Waals surface area contributed by atoms with E-state index >= 15 is 0 Å². The molecule has 0 bridgehead atoms. The minimum Gasteiger partial charge on any atom is -0.452 e. The molecule has 4 aromatic rings. The number of benzene rings is 2. The first-order valence-electron chi connectivity index (χ1n) is 9.70. The molecule has 0 aliphatic carbocycles. The Balaban J connectivity index is 1.43. The summed E-state index contributed by atoms with van der Waals surface area (Å²) < 4.78 is 11.5. The topological polar surface area (TPSA) is 72.4 Å². The third-order valence-corrected chi connectivity index (χ3v) is 5.56. The van der Waals surface area contributed by atoms with E-state index in [2.05, 4.69) is 23.1 Å². The van der Waals surface area contributed by atoms with Crippen molar-refractivity contribution in [2.24, 2.45) is 0 Å². The van der Waals surface area contributed by atoms with Gasteiger partial charge in [-0.3, -0.25) is 4.79 Å². The second-order valence-electron chi connectivity index (χ2n) is 7.75. The van der Waals surface area contributed by atoms with Gasteiger partial charge >= 0.3 is 0 Å². The summed E-state index contributed by atoms with van der Waals surface area (Å²) >= 11 is 0. The van der Waals surface area contributed by atoms with Gasteiger partial charge in [0.25, 0.3) is 0 Å². The molecule has 1 aliphatic rings. The quantitative estimate of drug-likeness (QED) is 0.498. The van der Waals surface area contributed by atoms with Crippen molar-refractivity contribution in [1.29, 1.82) is 0 Å². The van der Waals surface area contributed by atoms with Crippen LogP contribution in [0.1, 0.15) is 34.9 Å². The van der Waals surface area contributed by atoms with Crippen molar-refractivity contribution in [2.45, 2.75) is 33.1 Å². The van der Waals surface area contributed by atoms with Gasteiger partial charge in [-0.05, 0) is 45.0 Å². The van der Waals surface area contributed by atoms with Crippen molar-refractivity contribution in [2.75, 3.05) is 11.4 Å². The molecule has 0 unspecified atom stereocenters. The molecule has 6 heteroatoms. The van der Waals surface area contributed by atoms with Gasteiger partial charge in [-0.1, -0.05) is 34.5 Å². The summed E-state index contributed by atoms with van der Waals surface area (Å²) in [7, 11) is 0. The Hall–Kier alpha value is -3.41. The SMILES string of the molecule is Cc1ccc(N2C[C@H](c3nc(-c4oc5ccc(C)cc5c4C)no3)CC2=O)cc1. The van der Waals surface area contributed by atoms with Gasteiger partial charge in [-0.25, -0.2) is 0 Å². The van der Waals surface area contributed by atoms with Crippen molar-refractivity contribution in [3.8, 4) is 11.6 Å². The van der Waals surface area contributed by atoms with E-state index < -0.39 is 0 Å². The first-order valence-corrected chi connectivity index (χ1v) is 9.70. The van der Waals surface area contributed by atoms with Crippen LogP contribution in [0.15, 0.2) is 51.4 Å². The number of aryl methyl sites for hydroxylation is 3. The zero-order valence-corrected chi connectivity index (χ0v) is 16.6. The van der Waals surface area contributed by atoms with Gasteiger partial charge in [0.1, 0.15) is 5.58 Å². The molecule has 3 heterocycles. The molecular weight excluding hydrogens is 366 g/mol. The summed E-state index contributed by atoms with van der Waals surface area (Å²) in [6.07, 6.45) is 0.355. The van der Waals surface area contributed by atoms with Crippen LogP contribution in [-0.4, -0.2) is 22.6 Å². The molecule has 2 aromatic heterocycles. The zero-order valence-electron chi connectivity index (χ0n) is 16.6. The summed E-state index contributed by atoms with van der Waals surface area (Å²) in [5, 5.41) is 5.18. The molecule has 0 radical (unpaired) electrons. The Bertz CT molecular complexity index is 1220. The van der Waals surface area contributed by atoms with Gasteiger partial charge in [0, 0.05) is 29.6 Å². The number of anilines is 1. The van der Waals surface area contributed by atoms with E-state index in [0.29, 0.717) is 30.4 Å². The van der Waals surface area contributed by atoms with E-state index in [0.717, 1.165) is 27.8 Å². The standard InChI is InChI=1S/C23H21N3O3/c1-13-4-7-17(8-5-13)26-12-16(11-20(26)27)23-24-22(25-29-23)21-15(3)18-10-14(2)6-9-19(18)28-21/h4-10,16H,11-12H2,1-3H3/t16-/m1/s1. The maximum absolute atomic E-state index is 12.5. The van der Waals surface area contributed by atoms with Crippen LogP contribution >= 0.6 is 0 Å². The molecule has 1 saturated heterocycles. The summed E-state index contributed by atoms with van der Waals surface area (Å²) in [6, 6.07) is 14.0. The smallest absolute Gasteiger partial charge is 0.238 e. The number of carbonyl (C=O) groups is 1. The van der Waals surface area contributed by atoms with E-state index in [1.807, 2.05) is 50.2 Å². The Morgan fingerprint density at radius 3 is 2.59 bits per heavy atom. The number of carbonyl (C=O) groups excluding carboxylic acids is 1. The molecule has 0 spiro atoms. The molecule has 1 amide bonds. The lowest BCUT2D eigenvalue weighted by Gasteiger charge is -2.16. The van der Waals surface area contributed by atoms with E-state index in [1.165, 1.54) is 5.56 Å². The Labute approximate surface area is 168 Å². The highest BCUT2D eigenvalue weighted by molar-refractivity contribution is 5.96. The number of nitrogens with zero attached hydrogens (tertiary/aromatic N) is 3. The largest absolute Gasteiger partial charge is 0.452 e. The Kier molecular flexibility index (Phi) is 4.01. The molecular formula is C23H21N3O3. The summed E-state index contributed by atoms with van der Waals surface area (Å²) in [5.41, 5.74) is 5.01. The summed E-state index contributed by atoms with van der Waals surface area (Å²) in [4.78, 5) is 18.9. The van der Waals surface area contributed by atoms with Crippen molar-refractivity contribution >= 4 is 22.6 Å². The fraction of sp³-hybridized carbons (Fsp3) is 0.261. The van der Waals surface area contributed by atoms with Crippen LogP contribution in [-0.2, 0) is 4.79 Å². The van der Waals surface area contributed by atoms with Gasteiger partial charge in [-0.15, -0.1) is 0 Å². The lowest BCUT2D eigenvalue weighted by Crippen LogP contribution is -2.24. The highest BCUT2D eigenvalue weighted by Gasteiger charge is 2.35. The van der Waals surface area contributed by atoms with Crippen LogP contribution in [0.4, 0.5) is 5.69 Å². The van der Waals surface area contributed by atoms with Crippen molar-refractivity contribution in [3.05, 3.63) is 65.0 Å². The number of aromatic nitrogens is 2. The van der Waals surface area contributed by atoms with Crippen LogP contribution in [0.2, 0.25) is 0 Å². The van der Waals surface area contributed by atoms with E-state index in [1.54, 1.807) is 4.90 Å². The van der Waals surface area contributed by atoms with Gasteiger partial charge in [0.05, 0.1) is 5.92 Å². The fourth-order valence-corrected chi connectivity index (χ4v) is 3.89. The van der Waals surface area contributed by atoms with E-state index in [-0.39, 0.29) is 11.8 Å². The predicted molar refractivity (Wildman–Crippen MR) is 110 cm³/mol. The molecule has 5 rings (SSSR count). The van der Waals surface area contributed by atoms with Crippen molar-refractivity contribution in [1.82, 2.24) is 10.1 Å². The van der Waals surface area contributed by atoms with Gasteiger partial charge in [0.15, 0.2) is 5.76 Å². The maximum Gasteiger partial charge on any atom is 0.238 e. The summed E-state index contributed by atoms with van der Waals surface area (Å²) in [6.45, 7) is 6.60. The second kappa shape index (κ2) is 6.58. The lowest BCUT2D eigenvalue weighted by atomic mass is 10.1. The number of fused-ring (bicyclic) bond motifs is 1. The van der Waals surface area contributed by atoms with Gasteiger partial charge in [0.2, 0.25) is 17.6 Å². The maximum atomic E-state index is 12.5. The number of furan rings is 1. The van der Waals surface area contributed by atoms with E-state index in [9.17, 15) is 4.79 Å². The molecule has 1 aliphatic heterocycles. The normalized spacial score (nSPS) is 16.9. The van der Waals surface area contributed by atoms with Gasteiger partial charge < -0.3 is 13.8 Å². The molecule has 2 aromatic carbocycles. The molecule has 146 valence electrons. The van der Waals surface area contributed by atoms with Crippen LogP contribution in [0.3, 0.4) is 0 Å². The number of hydrogen-bond donors (Lipinski definition) is 0.